The van der Waals surface area contributed by atoms with Crippen LogP contribution >= 0.6 is 0 Å². The van der Waals surface area contributed by atoms with Crippen molar-refractivity contribution in [2.75, 3.05) is 12.3 Å². The van der Waals surface area contributed by atoms with Crippen molar-refractivity contribution in [3.63, 3.8) is 0 Å². The molecule has 0 heterocycles. The number of carbonyl (C=O) groups is 1. The summed E-state index contributed by atoms with van der Waals surface area (Å²) < 4.78 is 28.1. The number of hydrogen-bond acceptors (Lipinski definition) is 4. The molecule has 0 atom stereocenters. The first-order valence-electron chi connectivity index (χ1n) is 8.06. The van der Waals surface area contributed by atoms with E-state index in [0.717, 1.165) is 12.0 Å². The highest BCUT2D eigenvalue weighted by Crippen LogP contribution is 2.18. The second kappa shape index (κ2) is 8.91. The molecule has 0 spiro atoms. The molecule has 23 heavy (non-hydrogen) atoms. The lowest BCUT2D eigenvalue weighted by Gasteiger charge is -2.25. The lowest BCUT2D eigenvalue weighted by Crippen LogP contribution is -2.33. The van der Waals surface area contributed by atoms with Gasteiger partial charge in [0.25, 0.3) is 0 Å². The van der Waals surface area contributed by atoms with Crippen LogP contribution in [-0.2, 0) is 21.5 Å². The van der Waals surface area contributed by atoms with Crippen molar-refractivity contribution < 1.29 is 17.4 Å². The Balaban J connectivity index is 2.89. The molecule has 0 bridgehead atoms. The standard InChI is InChI=1S/C17H27NO4S/c1-5-8-17(19)18(12-14(3)4)13-15-9-7-10-16(11-15)22-23(20,21)6-2/h7,9-11,14H,5-6,8,12-13H2,1-4H3. The van der Waals surface area contributed by atoms with Crippen molar-refractivity contribution in [1.82, 2.24) is 4.90 Å². The molecule has 5 nitrogen and oxygen atoms in total. The molecule has 0 saturated heterocycles. The molecular formula is C17H27NO4S. The van der Waals surface area contributed by atoms with E-state index in [9.17, 15) is 13.2 Å². The maximum atomic E-state index is 12.2. The molecule has 0 N–H and O–H groups in total. The van der Waals surface area contributed by atoms with Gasteiger partial charge in [-0.2, -0.15) is 8.42 Å². The Bertz CT molecular complexity index is 611. The van der Waals surface area contributed by atoms with Crippen LogP contribution < -0.4 is 4.18 Å². The van der Waals surface area contributed by atoms with Crippen molar-refractivity contribution >= 4 is 16.0 Å². The summed E-state index contributed by atoms with van der Waals surface area (Å²) in [5, 5.41) is 0. The van der Waals surface area contributed by atoms with E-state index in [4.69, 9.17) is 4.18 Å². The van der Waals surface area contributed by atoms with Gasteiger partial charge in [-0.05, 0) is 37.0 Å². The number of hydrogen-bond donors (Lipinski definition) is 0. The molecule has 0 aliphatic rings. The van der Waals surface area contributed by atoms with Crippen molar-refractivity contribution in [1.29, 1.82) is 0 Å². The van der Waals surface area contributed by atoms with Crippen LogP contribution in [0.15, 0.2) is 24.3 Å². The van der Waals surface area contributed by atoms with Crippen LogP contribution in [0.2, 0.25) is 0 Å². The minimum absolute atomic E-state index is 0.0777. The van der Waals surface area contributed by atoms with E-state index in [1.54, 1.807) is 18.2 Å². The van der Waals surface area contributed by atoms with Gasteiger partial charge in [0.05, 0.1) is 5.75 Å². The second-order valence-corrected chi connectivity index (χ2v) is 7.85. The predicted molar refractivity (Wildman–Crippen MR) is 91.7 cm³/mol. The molecule has 1 aromatic carbocycles. The highest BCUT2D eigenvalue weighted by atomic mass is 32.2. The molecule has 0 aliphatic heterocycles. The fourth-order valence-corrected chi connectivity index (χ4v) is 2.70. The average molecular weight is 341 g/mol. The summed E-state index contributed by atoms with van der Waals surface area (Å²) in [5.41, 5.74) is 0.860. The van der Waals surface area contributed by atoms with Gasteiger partial charge in [-0.25, -0.2) is 0 Å². The van der Waals surface area contributed by atoms with E-state index >= 15 is 0 Å². The lowest BCUT2D eigenvalue weighted by molar-refractivity contribution is -0.132. The average Bonchev–Trinajstić information content (AvgIpc) is 2.46. The van der Waals surface area contributed by atoms with Crippen LogP contribution in [0.5, 0.6) is 5.75 Å². The summed E-state index contributed by atoms with van der Waals surface area (Å²) in [4.78, 5) is 14.1. The van der Waals surface area contributed by atoms with Gasteiger partial charge in [0.2, 0.25) is 5.91 Å². The topological polar surface area (TPSA) is 63.7 Å². The molecule has 1 rings (SSSR count). The summed E-state index contributed by atoms with van der Waals surface area (Å²) >= 11 is 0. The Labute approximate surface area is 139 Å². The van der Waals surface area contributed by atoms with Crippen LogP contribution in [0, 0.1) is 5.92 Å². The largest absolute Gasteiger partial charge is 0.382 e. The molecular weight excluding hydrogens is 314 g/mol. The Morgan fingerprint density at radius 2 is 1.96 bits per heavy atom. The lowest BCUT2D eigenvalue weighted by atomic mass is 10.1. The van der Waals surface area contributed by atoms with Crippen LogP contribution in [0.4, 0.5) is 0 Å². The summed E-state index contributed by atoms with van der Waals surface area (Å²) in [7, 11) is -3.54. The van der Waals surface area contributed by atoms with Crippen molar-refractivity contribution in [2.45, 2.75) is 47.1 Å². The Hall–Kier alpha value is -1.56. The van der Waals surface area contributed by atoms with Crippen LogP contribution in [0.3, 0.4) is 0 Å². The first-order valence-corrected chi connectivity index (χ1v) is 9.64. The van der Waals surface area contributed by atoms with Crippen LogP contribution in [-0.4, -0.2) is 31.5 Å². The fraction of sp³-hybridized carbons (Fsp3) is 0.588. The van der Waals surface area contributed by atoms with Crippen molar-refractivity contribution in [3.8, 4) is 5.75 Å². The van der Waals surface area contributed by atoms with Gasteiger partial charge >= 0.3 is 10.1 Å². The van der Waals surface area contributed by atoms with Crippen molar-refractivity contribution in [3.05, 3.63) is 29.8 Å². The molecule has 0 unspecified atom stereocenters. The predicted octanol–water partition coefficient (Wildman–Crippen LogP) is 3.20. The number of benzene rings is 1. The number of carbonyl (C=O) groups excluding carboxylic acids is 1. The molecule has 130 valence electrons. The molecule has 1 amide bonds. The van der Waals surface area contributed by atoms with Gasteiger partial charge in [0.15, 0.2) is 0 Å². The molecule has 0 saturated carbocycles. The summed E-state index contributed by atoms with van der Waals surface area (Å²) in [5.74, 6) is 0.701. The second-order valence-electron chi connectivity index (χ2n) is 6.00. The molecule has 0 radical (unpaired) electrons. The molecule has 0 fully saturated rings. The quantitative estimate of drug-likeness (QED) is 0.647. The maximum Gasteiger partial charge on any atom is 0.308 e. The van der Waals surface area contributed by atoms with Gasteiger partial charge < -0.3 is 9.08 Å². The maximum absolute atomic E-state index is 12.2. The summed E-state index contributed by atoms with van der Waals surface area (Å²) in [6.45, 7) is 8.79. The number of amides is 1. The van der Waals surface area contributed by atoms with Gasteiger partial charge in [0.1, 0.15) is 5.75 Å². The summed E-state index contributed by atoms with van der Waals surface area (Å²) in [6.07, 6.45) is 1.33. The van der Waals surface area contributed by atoms with Crippen LogP contribution in [0.1, 0.15) is 46.1 Å². The normalized spacial score (nSPS) is 11.5. The Kier molecular flexibility index (Phi) is 7.55. The van der Waals surface area contributed by atoms with E-state index < -0.39 is 10.1 Å². The molecule has 6 heteroatoms. The third kappa shape index (κ3) is 7.03. The monoisotopic (exact) mass is 341 g/mol. The minimum Gasteiger partial charge on any atom is -0.382 e. The Morgan fingerprint density at radius 3 is 2.52 bits per heavy atom. The third-order valence-corrected chi connectivity index (χ3v) is 4.40. The van der Waals surface area contributed by atoms with E-state index in [1.807, 2.05) is 17.9 Å². The first-order chi connectivity index (χ1) is 10.8. The SMILES string of the molecule is CCCC(=O)N(Cc1cccc(OS(=O)(=O)CC)c1)CC(C)C. The first kappa shape index (κ1) is 19.5. The van der Waals surface area contributed by atoms with Gasteiger partial charge in [0, 0.05) is 19.5 Å². The minimum atomic E-state index is -3.54. The van der Waals surface area contributed by atoms with Gasteiger partial charge in [-0.1, -0.05) is 32.9 Å². The van der Waals surface area contributed by atoms with Crippen LogP contribution in [0.25, 0.3) is 0 Å². The van der Waals surface area contributed by atoms with Gasteiger partial charge in [-0.3, -0.25) is 4.79 Å². The molecule has 0 aromatic heterocycles. The molecule has 0 aliphatic carbocycles. The number of rotatable bonds is 9. The zero-order chi connectivity index (χ0) is 17.5. The Morgan fingerprint density at radius 1 is 1.26 bits per heavy atom. The van der Waals surface area contributed by atoms with E-state index in [-0.39, 0.29) is 17.4 Å². The summed E-state index contributed by atoms with van der Waals surface area (Å²) in [6, 6.07) is 6.91. The van der Waals surface area contributed by atoms with Crippen molar-refractivity contribution in [2.24, 2.45) is 5.92 Å². The van der Waals surface area contributed by atoms with E-state index in [1.165, 1.54) is 6.92 Å². The van der Waals surface area contributed by atoms with E-state index in [2.05, 4.69) is 13.8 Å². The zero-order valence-electron chi connectivity index (χ0n) is 14.4. The smallest absolute Gasteiger partial charge is 0.308 e. The number of nitrogens with zero attached hydrogens (tertiary/aromatic N) is 1. The fourth-order valence-electron chi connectivity index (χ4n) is 2.19. The highest BCUT2D eigenvalue weighted by Gasteiger charge is 2.15. The zero-order valence-corrected chi connectivity index (χ0v) is 15.2. The molecule has 1 aromatic rings. The highest BCUT2D eigenvalue weighted by molar-refractivity contribution is 7.87. The third-order valence-electron chi connectivity index (χ3n) is 3.25. The van der Waals surface area contributed by atoms with Gasteiger partial charge in [-0.15, -0.1) is 0 Å². The van der Waals surface area contributed by atoms with E-state index in [0.29, 0.717) is 25.4 Å².